The summed E-state index contributed by atoms with van der Waals surface area (Å²) in [4.78, 5) is 10.8. The van der Waals surface area contributed by atoms with Gasteiger partial charge in [0.25, 0.3) is 0 Å². The smallest absolute Gasteiger partial charge is 0.407 e. The molecule has 0 aromatic rings. The Morgan fingerprint density at radius 3 is 2.77 bits per heavy atom. The first-order valence-electron chi connectivity index (χ1n) is 4.70. The van der Waals surface area contributed by atoms with Crippen LogP contribution < -0.4 is 5.32 Å². The first kappa shape index (κ1) is 12.0. The summed E-state index contributed by atoms with van der Waals surface area (Å²) in [5.41, 5.74) is 0. The standard InChI is InChI=1S/C10H19NO2/c1-4-5-6-7-8-9(2)11-10(12)13-3/h6-7,9H,4-5,8H2,1-3H3,(H,11,12)/b7-6+. The van der Waals surface area contributed by atoms with E-state index in [0.717, 1.165) is 19.3 Å². The van der Waals surface area contributed by atoms with Crippen molar-refractivity contribution in [2.75, 3.05) is 7.11 Å². The molecule has 1 N–H and O–H groups in total. The molecule has 13 heavy (non-hydrogen) atoms. The van der Waals surface area contributed by atoms with Gasteiger partial charge < -0.3 is 10.1 Å². The van der Waals surface area contributed by atoms with E-state index in [1.54, 1.807) is 0 Å². The number of hydrogen-bond acceptors (Lipinski definition) is 2. The van der Waals surface area contributed by atoms with Crippen molar-refractivity contribution in [3.63, 3.8) is 0 Å². The Morgan fingerprint density at radius 2 is 2.23 bits per heavy atom. The molecule has 0 aliphatic heterocycles. The lowest BCUT2D eigenvalue weighted by molar-refractivity contribution is 0.167. The van der Waals surface area contributed by atoms with Crippen molar-refractivity contribution in [1.82, 2.24) is 5.32 Å². The highest BCUT2D eigenvalue weighted by atomic mass is 16.5. The number of methoxy groups -OCH3 is 1. The molecule has 76 valence electrons. The van der Waals surface area contributed by atoms with Gasteiger partial charge in [0, 0.05) is 6.04 Å². The molecule has 1 amide bonds. The second-order valence-electron chi connectivity index (χ2n) is 3.03. The van der Waals surface area contributed by atoms with Crippen LogP contribution in [0.3, 0.4) is 0 Å². The van der Waals surface area contributed by atoms with Gasteiger partial charge in [-0.15, -0.1) is 0 Å². The van der Waals surface area contributed by atoms with Crippen LogP contribution >= 0.6 is 0 Å². The number of allylic oxidation sites excluding steroid dienone is 1. The Labute approximate surface area is 80.2 Å². The summed E-state index contributed by atoms with van der Waals surface area (Å²) >= 11 is 0. The molecule has 0 spiro atoms. The topological polar surface area (TPSA) is 38.3 Å². The summed E-state index contributed by atoms with van der Waals surface area (Å²) in [6.07, 6.45) is 6.98. The predicted octanol–water partition coefficient (Wildman–Crippen LogP) is 2.48. The third-order valence-electron chi connectivity index (χ3n) is 1.66. The van der Waals surface area contributed by atoms with Crippen LogP contribution in [0.15, 0.2) is 12.2 Å². The molecule has 1 unspecified atom stereocenters. The first-order valence-corrected chi connectivity index (χ1v) is 4.70. The predicted molar refractivity (Wildman–Crippen MR) is 53.7 cm³/mol. The monoisotopic (exact) mass is 185 g/mol. The van der Waals surface area contributed by atoms with Crippen LogP contribution in [0.5, 0.6) is 0 Å². The van der Waals surface area contributed by atoms with Gasteiger partial charge in [0.1, 0.15) is 0 Å². The molecule has 0 radical (unpaired) electrons. The van der Waals surface area contributed by atoms with Gasteiger partial charge in [0.2, 0.25) is 0 Å². The van der Waals surface area contributed by atoms with Crippen LogP contribution in [0.4, 0.5) is 4.79 Å². The second kappa shape index (κ2) is 7.65. The molecule has 0 heterocycles. The largest absolute Gasteiger partial charge is 0.453 e. The van der Waals surface area contributed by atoms with E-state index >= 15 is 0 Å². The Balaban J connectivity index is 3.50. The molecule has 0 aromatic carbocycles. The summed E-state index contributed by atoms with van der Waals surface area (Å²) in [6, 6.07) is 0.139. The van der Waals surface area contributed by atoms with Crippen molar-refractivity contribution < 1.29 is 9.53 Å². The van der Waals surface area contributed by atoms with Crippen molar-refractivity contribution in [3.8, 4) is 0 Å². The second-order valence-corrected chi connectivity index (χ2v) is 3.03. The fourth-order valence-corrected chi connectivity index (χ4v) is 0.904. The molecule has 0 fully saturated rings. The van der Waals surface area contributed by atoms with E-state index in [4.69, 9.17) is 0 Å². The Bertz CT molecular complexity index is 166. The minimum Gasteiger partial charge on any atom is -0.453 e. The number of hydrogen-bond donors (Lipinski definition) is 1. The molecular weight excluding hydrogens is 166 g/mol. The zero-order valence-electron chi connectivity index (χ0n) is 8.67. The minimum absolute atomic E-state index is 0.139. The molecule has 0 rings (SSSR count). The van der Waals surface area contributed by atoms with Crippen molar-refractivity contribution in [2.24, 2.45) is 0 Å². The Morgan fingerprint density at radius 1 is 1.54 bits per heavy atom. The summed E-state index contributed by atoms with van der Waals surface area (Å²) in [5.74, 6) is 0. The average molecular weight is 185 g/mol. The number of ether oxygens (including phenoxy) is 1. The third kappa shape index (κ3) is 7.37. The third-order valence-corrected chi connectivity index (χ3v) is 1.66. The summed E-state index contributed by atoms with van der Waals surface area (Å²) in [6.45, 7) is 4.09. The summed E-state index contributed by atoms with van der Waals surface area (Å²) < 4.78 is 4.47. The zero-order valence-corrected chi connectivity index (χ0v) is 8.67. The quantitative estimate of drug-likeness (QED) is 0.668. The van der Waals surface area contributed by atoms with E-state index in [0.29, 0.717) is 0 Å². The van der Waals surface area contributed by atoms with Gasteiger partial charge in [-0.05, 0) is 19.8 Å². The van der Waals surface area contributed by atoms with Gasteiger partial charge in [-0.25, -0.2) is 4.79 Å². The molecule has 3 nitrogen and oxygen atoms in total. The molecule has 0 saturated heterocycles. The number of carbonyl (C=O) groups excluding carboxylic acids is 1. The van der Waals surface area contributed by atoms with Crippen LogP contribution in [0, 0.1) is 0 Å². The fourth-order valence-electron chi connectivity index (χ4n) is 0.904. The van der Waals surface area contributed by atoms with E-state index in [2.05, 4.69) is 29.1 Å². The lowest BCUT2D eigenvalue weighted by atomic mass is 10.2. The Kier molecular flexibility index (Phi) is 7.07. The number of alkyl carbamates (subject to hydrolysis) is 1. The van der Waals surface area contributed by atoms with Gasteiger partial charge in [0.05, 0.1) is 7.11 Å². The van der Waals surface area contributed by atoms with E-state index in [9.17, 15) is 4.79 Å². The minimum atomic E-state index is -0.364. The molecular formula is C10H19NO2. The lowest BCUT2D eigenvalue weighted by Gasteiger charge is -2.09. The Hall–Kier alpha value is -0.990. The van der Waals surface area contributed by atoms with Crippen molar-refractivity contribution in [1.29, 1.82) is 0 Å². The van der Waals surface area contributed by atoms with Gasteiger partial charge >= 0.3 is 6.09 Å². The molecule has 3 heteroatoms. The van der Waals surface area contributed by atoms with Crippen LogP contribution in [-0.2, 0) is 4.74 Å². The highest BCUT2D eigenvalue weighted by Crippen LogP contribution is 1.96. The maximum atomic E-state index is 10.8. The summed E-state index contributed by atoms with van der Waals surface area (Å²) in [5, 5.41) is 2.69. The molecule has 0 aliphatic rings. The highest BCUT2D eigenvalue weighted by molar-refractivity contribution is 5.67. The van der Waals surface area contributed by atoms with Crippen LogP contribution in [0.2, 0.25) is 0 Å². The molecule has 0 aliphatic carbocycles. The SMILES string of the molecule is CCC/C=C/CC(C)NC(=O)OC. The highest BCUT2D eigenvalue weighted by Gasteiger charge is 2.03. The van der Waals surface area contributed by atoms with Crippen LogP contribution in [0.1, 0.15) is 33.1 Å². The number of unbranched alkanes of at least 4 members (excludes halogenated alkanes) is 1. The summed E-state index contributed by atoms with van der Waals surface area (Å²) in [7, 11) is 1.37. The van der Waals surface area contributed by atoms with Gasteiger partial charge in [-0.3, -0.25) is 0 Å². The first-order chi connectivity index (χ1) is 6.20. The van der Waals surface area contributed by atoms with Gasteiger partial charge in [-0.2, -0.15) is 0 Å². The maximum absolute atomic E-state index is 10.8. The number of nitrogens with one attached hydrogen (secondary N) is 1. The molecule has 0 saturated carbocycles. The van der Waals surface area contributed by atoms with Crippen molar-refractivity contribution >= 4 is 6.09 Å². The molecule has 1 atom stereocenters. The fraction of sp³-hybridized carbons (Fsp3) is 0.700. The number of rotatable bonds is 5. The molecule has 0 aromatic heterocycles. The number of carbonyl (C=O) groups is 1. The average Bonchev–Trinajstić information content (AvgIpc) is 2.12. The van der Waals surface area contributed by atoms with Crippen molar-refractivity contribution in [2.45, 2.75) is 39.2 Å². The lowest BCUT2D eigenvalue weighted by Crippen LogP contribution is -2.31. The van der Waals surface area contributed by atoms with E-state index in [1.807, 2.05) is 6.92 Å². The molecule has 0 bridgehead atoms. The number of amides is 1. The van der Waals surface area contributed by atoms with E-state index in [-0.39, 0.29) is 12.1 Å². The van der Waals surface area contributed by atoms with Crippen LogP contribution in [0.25, 0.3) is 0 Å². The van der Waals surface area contributed by atoms with Crippen LogP contribution in [-0.4, -0.2) is 19.2 Å². The normalized spacial score (nSPS) is 12.8. The van der Waals surface area contributed by atoms with E-state index < -0.39 is 0 Å². The maximum Gasteiger partial charge on any atom is 0.407 e. The van der Waals surface area contributed by atoms with Gasteiger partial charge in [-0.1, -0.05) is 25.5 Å². The van der Waals surface area contributed by atoms with E-state index in [1.165, 1.54) is 7.11 Å². The van der Waals surface area contributed by atoms with Gasteiger partial charge in [0.15, 0.2) is 0 Å². The van der Waals surface area contributed by atoms with Crippen molar-refractivity contribution in [3.05, 3.63) is 12.2 Å². The zero-order chi connectivity index (χ0) is 10.1.